The van der Waals surface area contributed by atoms with Crippen LogP contribution in [0.4, 0.5) is 0 Å². The van der Waals surface area contributed by atoms with Crippen molar-refractivity contribution in [2.75, 3.05) is 19.0 Å². The van der Waals surface area contributed by atoms with Crippen LogP contribution in [0.2, 0.25) is 0 Å². The molecule has 0 aliphatic rings. The molecule has 1 rings (SSSR count). The normalized spacial score (nSPS) is 14.9. The second-order valence-corrected chi connectivity index (χ2v) is 11.0. The van der Waals surface area contributed by atoms with Crippen molar-refractivity contribution in [2.45, 2.75) is 53.2 Å². The van der Waals surface area contributed by atoms with E-state index in [2.05, 4.69) is 5.09 Å². The van der Waals surface area contributed by atoms with Gasteiger partial charge in [-0.3, -0.25) is 14.2 Å². The quantitative estimate of drug-likeness (QED) is 0.312. The minimum Gasteiger partial charge on any atom is -0.460 e. The van der Waals surface area contributed by atoms with Gasteiger partial charge in [-0.1, -0.05) is 62.9 Å². The highest BCUT2D eigenvalue weighted by Gasteiger charge is 2.24. The van der Waals surface area contributed by atoms with Crippen molar-refractivity contribution in [3.63, 3.8) is 0 Å². The summed E-state index contributed by atoms with van der Waals surface area (Å²) >= 11 is 1.32. The van der Waals surface area contributed by atoms with Crippen molar-refractivity contribution < 1.29 is 23.4 Å². The number of carbonyl (C=O) groups is 2. The Labute approximate surface area is 172 Å². The van der Waals surface area contributed by atoms with E-state index in [1.54, 1.807) is 6.92 Å². The molecule has 28 heavy (non-hydrogen) atoms. The number of nitrogens with one attached hydrogen (secondary N) is 1. The van der Waals surface area contributed by atoms with Crippen molar-refractivity contribution in [3.8, 4) is 0 Å². The Balaban J connectivity index is 2.24. The zero-order valence-electron chi connectivity index (χ0n) is 17.4. The van der Waals surface area contributed by atoms with E-state index in [9.17, 15) is 14.2 Å². The van der Waals surface area contributed by atoms with E-state index < -0.39 is 19.5 Å². The van der Waals surface area contributed by atoms with Crippen LogP contribution in [0.5, 0.6) is 0 Å². The van der Waals surface area contributed by atoms with E-state index >= 15 is 0 Å². The maximum Gasteiger partial charge on any atom is 0.323 e. The molecule has 0 aliphatic heterocycles. The summed E-state index contributed by atoms with van der Waals surface area (Å²) in [6.07, 6.45) is 1.48. The van der Waals surface area contributed by atoms with Crippen molar-refractivity contribution in [3.05, 3.63) is 35.9 Å². The smallest absolute Gasteiger partial charge is 0.323 e. The Morgan fingerprint density at radius 2 is 1.82 bits per heavy atom. The summed E-state index contributed by atoms with van der Waals surface area (Å²) in [5.74, 6) is 0.231. The van der Waals surface area contributed by atoms with Crippen molar-refractivity contribution in [1.29, 1.82) is 0 Å². The van der Waals surface area contributed by atoms with Crippen LogP contribution in [0.3, 0.4) is 0 Å². The van der Waals surface area contributed by atoms with Gasteiger partial charge in [-0.05, 0) is 25.3 Å². The lowest BCUT2D eigenvalue weighted by Gasteiger charge is -2.19. The third-order valence-electron chi connectivity index (χ3n) is 3.73. The molecule has 0 saturated carbocycles. The van der Waals surface area contributed by atoms with E-state index in [0.717, 1.165) is 12.0 Å². The number of hydrogen-bond donors (Lipinski definition) is 1. The molecule has 0 spiro atoms. The van der Waals surface area contributed by atoms with Crippen molar-refractivity contribution >= 4 is 30.4 Å². The van der Waals surface area contributed by atoms with E-state index in [4.69, 9.17) is 9.26 Å². The van der Waals surface area contributed by atoms with E-state index in [0.29, 0.717) is 18.8 Å². The summed E-state index contributed by atoms with van der Waals surface area (Å²) in [6, 6.07) is 8.63. The standard InChI is InChI=1S/C20H32NO5PS/c1-16(18(22)25-15-17-11-7-6-8-12-17)21-27(5,24)26-13-9-10-14-28-19(23)20(2,3)4/h6-8,11-12,16H,9-10,13-15H2,1-5H3,(H,21,24)/t16-,27?/m0/s1. The Morgan fingerprint density at radius 3 is 2.43 bits per heavy atom. The molecule has 0 fully saturated rings. The van der Waals surface area contributed by atoms with E-state index in [-0.39, 0.29) is 17.1 Å². The molecule has 0 aromatic heterocycles. The molecule has 2 atom stereocenters. The minimum absolute atomic E-state index is 0.166. The maximum atomic E-state index is 12.5. The lowest BCUT2D eigenvalue weighted by atomic mass is 10.00. The molecule has 0 radical (unpaired) electrons. The van der Waals surface area contributed by atoms with Crippen molar-refractivity contribution in [2.24, 2.45) is 5.41 Å². The highest BCUT2D eigenvalue weighted by Crippen LogP contribution is 2.38. The molecule has 1 aromatic rings. The molecule has 0 bridgehead atoms. The molecule has 0 heterocycles. The first-order chi connectivity index (χ1) is 13.0. The fourth-order valence-electron chi connectivity index (χ4n) is 2.12. The summed E-state index contributed by atoms with van der Waals surface area (Å²) in [7, 11) is -3.12. The third-order valence-corrected chi connectivity index (χ3v) is 6.63. The second kappa shape index (κ2) is 11.8. The van der Waals surface area contributed by atoms with Gasteiger partial charge in [0.05, 0.1) is 6.61 Å². The molecule has 0 amide bonds. The second-order valence-electron chi connectivity index (χ2n) is 7.72. The minimum atomic E-state index is -3.12. The first kappa shape index (κ1) is 24.9. The number of carbonyl (C=O) groups excluding carboxylic acids is 2. The van der Waals surface area contributed by atoms with E-state index in [1.807, 2.05) is 51.1 Å². The first-order valence-corrected chi connectivity index (χ1v) is 12.4. The average Bonchev–Trinajstić information content (AvgIpc) is 2.61. The van der Waals surface area contributed by atoms with Crippen molar-refractivity contribution in [1.82, 2.24) is 5.09 Å². The van der Waals surface area contributed by atoms with Gasteiger partial charge in [-0.15, -0.1) is 0 Å². The van der Waals surface area contributed by atoms with Gasteiger partial charge in [0, 0.05) is 17.8 Å². The fourth-order valence-corrected chi connectivity index (χ4v) is 4.45. The molecule has 0 aliphatic carbocycles. The first-order valence-electron chi connectivity index (χ1n) is 9.39. The van der Waals surface area contributed by atoms with Crippen LogP contribution in [0.25, 0.3) is 0 Å². The van der Waals surface area contributed by atoms with Gasteiger partial charge < -0.3 is 9.26 Å². The van der Waals surface area contributed by atoms with Gasteiger partial charge in [-0.25, -0.2) is 5.09 Å². The lowest BCUT2D eigenvalue weighted by molar-refractivity contribution is -0.146. The highest BCUT2D eigenvalue weighted by atomic mass is 32.2. The topological polar surface area (TPSA) is 81.7 Å². The number of rotatable bonds is 11. The number of esters is 1. The maximum absolute atomic E-state index is 12.5. The molecular formula is C20H32NO5PS. The SMILES string of the molecule is C[C@H](NP(C)(=O)OCCCCSC(=O)C(C)(C)C)C(=O)OCc1ccccc1. The van der Waals surface area contributed by atoms with Crippen LogP contribution in [0.1, 0.15) is 46.1 Å². The number of thioether (sulfide) groups is 1. The Bertz CT molecular complexity index is 675. The van der Waals surface area contributed by atoms with Crippen LogP contribution in [-0.2, 0) is 30.0 Å². The number of ether oxygens (including phenoxy) is 1. The zero-order valence-corrected chi connectivity index (χ0v) is 19.1. The lowest BCUT2D eigenvalue weighted by Crippen LogP contribution is -2.33. The third kappa shape index (κ3) is 10.4. The molecule has 0 saturated heterocycles. The summed E-state index contributed by atoms with van der Waals surface area (Å²) in [4.78, 5) is 23.9. The summed E-state index contributed by atoms with van der Waals surface area (Å²) in [5.41, 5.74) is 0.553. The van der Waals surface area contributed by atoms with Crippen LogP contribution >= 0.6 is 19.3 Å². The Kier molecular flexibility index (Phi) is 10.5. The predicted molar refractivity (Wildman–Crippen MR) is 114 cm³/mol. The highest BCUT2D eigenvalue weighted by molar-refractivity contribution is 8.13. The summed E-state index contributed by atoms with van der Waals surface area (Å²) < 4.78 is 23.1. The van der Waals surface area contributed by atoms with Crippen LogP contribution in [0.15, 0.2) is 30.3 Å². The van der Waals surface area contributed by atoms with Gasteiger partial charge in [0.25, 0.3) is 7.52 Å². The molecule has 8 heteroatoms. The van der Waals surface area contributed by atoms with Gasteiger partial charge in [-0.2, -0.15) is 0 Å². The fraction of sp³-hybridized carbons (Fsp3) is 0.600. The Morgan fingerprint density at radius 1 is 1.18 bits per heavy atom. The molecular weight excluding hydrogens is 397 g/mol. The van der Waals surface area contributed by atoms with Crippen LogP contribution in [0, 0.1) is 5.41 Å². The molecule has 1 aromatic carbocycles. The predicted octanol–water partition coefficient (Wildman–Crippen LogP) is 4.63. The number of hydrogen-bond acceptors (Lipinski definition) is 6. The number of benzene rings is 1. The van der Waals surface area contributed by atoms with Gasteiger partial charge >= 0.3 is 5.97 Å². The van der Waals surface area contributed by atoms with Gasteiger partial charge in [0.2, 0.25) is 0 Å². The monoisotopic (exact) mass is 429 g/mol. The molecule has 158 valence electrons. The molecule has 1 N–H and O–H groups in total. The average molecular weight is 430 g/mol. The zero-order chi connectivity index (χ0) is 21.2. The Hall–Kier alpha value is -1.14. The van der Waals surface area contributed by atoms with Crippen LogP contribution < -0.4 is 5.09 Å². The molecule has 1 unspecified atom stereocenters. The molecule has 6 nitrogen and oxygen atoms in total. The number of unbranched alkanes of at least 4 members (excludes halogenated alkanes) is 1. The summed E-state index contributed by atoms with van der Waals surface area (Å²) in [6.45, 7) is 9.22. The van der Waals surface area contributed by atoms with Gasteiger partial charge in [0.1, 0.15) is 12.6 Å². The summed E-state index contributed by atoms with van der Waals surface area (Å²) in [5, 5.41) is 2.89. The van der Waals surface area contributed by atoms with E-state index in [1.165, 1.54) is 18.4 Å². The van der Waals surface area contributed by atoms with Crippen LogP contribution in [-0.4, -0.2) is 36.2 Å². The van der Waals surface area contributed by atoms with Gasteiger partial charge in [0.15, 0.2) is 5.12 Å². The largest absolute Gasteiger partial charge is 0.460 e.